The number of benzene rings is 3. The van der Waals surface area contributed by atoms with Gasteiger partial charge in [-0.2, -0.15) is 5.26 Å². The lowest BCUT2D eigenvalue weighted by atomic mass is 9.89. The van der Waals surface area contributed by atoms with Crippen LogP contribution in [0.15, 0.2) is 91.4 Å². The van der Waals surface area contributed by atoms with Gasteiger partial charge in [-0.3, -0.25) is 4.79 Å². The van der Waals surface area contributed by atoms with Gasteiger partial charge >= 0.3 is 0 Å². The number of nitrogens with one attached hydrogen (secondary N) is 2. The molecule has 3 atom stereocenters. The Bertz CT molecular complexity index is 1420. The fourth-order valence-electron chi connectivity index (χ4n) is 5.67. The summed E-state index contributed by atoms with van der Waals surface area (Å²) in [6, 6.07) is 28.3. The maximum Gasteiger partial charge on any atom is 0.224 e. The molecular formula is C33H34ClN5O. The van der Waals surface area contributed by atoms with Gasteiger partial charge in [-0.05, 0) is 60.7 Å². The molecule has 0 radical (unpaired) electrons. The van der Waals surface area contributed by atoms with Crippen LogP contribution >= 0.6 is 11.6 Å². The van der Waals surface area contributed by atoms with Crippen molar-refractivity contribution in [2.45, 2.75) is 31.1 Å². The van der Waals surface area contributed by atoms with E-state index in [0.717, 1.165) is 60.7 Å². The molecule has 0 spiro atoms. The molecule has 0 bridgehead atoms. The highest BCUT2D eigenvalue weighted by Crippen LogP contribution is 2.32. The molecule has 204 valence electrons. The molecule has 3 aromatic carbocycles. The second-order valence-corrected chi connectivity index (χ2v) is 11.0. The van der Waals surface area contributed by atoms with E-state index in [1.165, 1.54) is 5.56 Å². The zero-order valence-corrected chi connectivity index (χ0v) is 23.2. The quantitative estimate of drug-likeness (QED) is 0.256. The fourth-order valence-corrected chi connectivity index (χ4v) is 5.94. The van der Waals surface area contributed by atoms with E-state index in [0.29, 0.717) is 12.1 Å². The Morgan fingerprint density at radius 2 is 1.88 bits per heavy atom. The standard InChI is InChI=1S/C33H34ClN5O/c34-31-11-5-4-10-29(31)30(26-7-2-1-3-8-26)22-39-16-6-9-27(21-39)33(40)37-19-28(32-20-36-23-38-32)17-24-12-14-25(18-35)15-13-24/h1-5,7-8,10-15,20,23,27-28,30H,6,9,16-17,19,21-22H2,(H,36,38)(H,37,40)/t27-,28?,30?/m0/s1. The second kappa shape index (κ2) is 13.4. The minimum absolute atomic E-state index is 0.0572. The summed E-state index contributed by atoms with van der Waals surface area (Å²) in [4.78, 5) is 23.2. The second-order valence-electron chi connectivity index (χ2n) is 10.5. The third-order valence-corrected chi connectivity index (χ3v) is 8.19. The number of imidazole rings is 1. The smallest absolute Gasteiger partial charge is 0.224 e. The molecule has 0 aliphatic carbocycles. The molecule has 2 heterocycles. The summed E-state index contributed by atoms with van der Waals surface area (Å²) in [5.41, 5.74) is 5.09. The van der Waals surface area contributed by atoms with E-state index in [9.17, 15) is 4.79 Å². The maximum absolute atomic E-state index is 13.4. The summed E-state index contributed by atoms with van der Waals surface area (Å²) in [7, 11) is 0. The number of amides is 1. The molecule has 5 rings (SSSR count). The number of piperidine rings is 1. The minimum atomic E-state index is -0.0613. The summed E-state index contributed by atoms with van der Waals surface area (Å²) in [6.07, 6.45) is 6.10. The maximum atomic E-state index is 13.4. The zero-order valence-electron chi connectivity index (χ0n) is 22.5. The van der Waals surface area contributed by atoms with Gasteiger partial charge in [-0.25, -0.2) is 4.98 Å². The lowest BCUT2D eigenvalue weighted by Crippen LogP contribution is -2.45. The SMILES string of the molecule is N#Cc1ccc(CC(CNC(=O)[C@H]2CCCN(CC(c3ccccc3)c3ccccc3Cl)C2)c2cnc[nH]2)cc1. The predicted octanol–water partition coefficient (Wildman–Crippen LogP) is 5.92. The lowest BCUT2D eigenvalue weighted by molar-refractivity contribution is -0.126. The Labute approximate surface area is 241 Å². The first-order valence-electron chi connectivity index (χ1n) is 13.9. The van der Waals surface area contributed by atoms with Gasteiger partial charge in [0.1, 0.15) is 0 Å². The first-order valence-corrected chi connectivity index (χ1v) is 14.2. The molecule has 2 unspecified atom stereocenters. The van der Waals surface area contributed by atoms with Crippen molar-refractivity contribution in [3.8, 4) is 6.07 Å². The van der Waals surface area contributed by atoms with E-state index in [2.05, 4.69) is 56.6 Å². The van der Waals surface area contributed by atoms with Crippen LogP contribution in [-0.4, -0.2) is 47.0 Å². The largest absolute Gasteiger partial charge is 0.355 e. The summed E-state index contributed by atoms with van der Waals surface area (Å²) >= 11 is 6.65. The Hall–Kier alpha value is -3.92. The number of hydrogen-bond donors (Lipinski definition) is 2. The van der Waals surface area contributed by atoms with Crippen LogP contribution in [0, 0.1) is 17.2 Å². The van der Waals surface area contributed by atoms with Crippen LogP contribution in [0.2, 0.25) is 5.02 Å². The van der Waals surface area contributed by atoms with Gasteiger partial charge in [0.15, 0.2) is 0 Å². The van der Waals surface area contributed by atoms with Crippen LogP contribution < -0.4 is 5.32 Å². The van der Waals surface area contributed by atoms with Crippen molar-refractivity contribution in [1.82, 2.24) is 20.2 Å². The van der Waals surface area contributed by atoms with Crippen molar-refractivity contribution in [3.05, 3.63) is 124 Å². The van der Waals surface area contributed by atoms with E-state index in [4.69, 9.17) is 16.9 Å². The van der Waals surface area contributed by atoms with Gasteiger partial charge < -0.3 is 15.2 Å². The molecule has 0 saturated carbocycles. The normalized spacial score (nSPS) is 17.1. The van der Waals surface area contributed by atoms with Crippen molar-refractivity contribution in [1.29, 1.82) is 5.26 Å². The molecule has 7 heteroatoms. The third kappa shape index (κ3) is 6.98. The van der Waals surface area contributed by atoms with E-state index in [1.54, 1.807) is 6.33 Å². The molecule has 1 aliphatic rings. The Morgan fingerprint density at radius 3 is 2.60 bits per heavy atom. The summed E-state index contributed by atoms with van der Waals surface area (Å²) in [6.45, 7) is 3.02. The number of carbonyl (C=O) groups is 1. The van der Waals surface area contributed by atoms with Gasteiger partial charge in [0.2, 0.25) is 5.91 Å². The average molecular weight is 552 g/mol. The van der Waals surface area contributed by atoms with Gasteiger partial charge in [-0.15, -0.1) is 0 Å². The number of H-pyrrole nitrogens is 1. The predicted molar refractivity (Wildman–Crippen MR) is 158 cm³/mol. The average Bonchev–Trinajstić information content (AvgIpc) is 3.54. The van der Waals surface area contributed by atoms with Crippen molar-refractivity contribution in [2.24, 2.45) is 5.92 Å². The minimum Gasteiger partial charge on any atom is -0.355 e. The first-order chi connectivity index (χ1) is 19.6. The van der Waals surface area contributed by atoms with E-state index in [1.807, 2.05) is 54.7 Å². The van der Waals surface area contributed by atoms with Gasteiger partial charge in [0, 0.05) is 48.4 Å². The Balaban J connectivity index is 1.23. The topological polar surface area (TPSA) is 84.8 Å². The molecule has 1 amide bonds. The van der Waals surface area contributed by atoms with Crippen LogP contribution in [0.5, 0.6) is 0 Å². The van der Waals surface area contributed by atoms with Gasteiger partial charge in [0.25, 0.3) is 0 Å². The van der Waals surface area contributed by atoms with E-state index in [-0.39, 0.29) is 23.7 Å². The monoisotopic (exact) mass is 551 g/mol. The van der Waals surface area contributed by atoms with Crippen molar-refractivity contribution < 1.29 is 4.79 Å². The van der Waals surface area contributed by atoms with Gasteiger partial charge in [0.05, 0.1) is 23.9 Å². The van der Waals surface area contributed by atoms with Gasteiger partial charge in [-0.1, -0.05) is 72.3 Å². The van der Waals surface area contributed by atoms with Crippen molar-refractivity contribution in [3.63, 3.8) is 0 Å². The summed E-state index contributed by atoms with van der Waals surface area (Å²) in [5.74, 6) is 0.229. The number of aromatic nitrogens is 2. The summed E-state index contributed by atoms with van der Waals surface area (Å²) in [5, 5.41) is 13.1. The van der Waals surface area contributed by atoms with Crippen LogP contribution in [0.25, 0.3) is 0 Å². The zero-order chi connectivity index (χ0) is 27.7. The number of nitriles is 1. The van der Waals surface area contributed by atoms with E-state index < -0.39 is 0 Å². The van der Waals surface area contributed by atoms with Crippen LogP contribution in [-0.2, 0) is 11.2 Å². The molecule has 1 fully saturated rings. The van der Waals surface area contributed by atoms with Crippen molar-refractivity contribution in [2.75, 3.05) is 26.2 Å². The number of carbonyl (C=O) groups excluding carboxylic acids is 1. The Kier molecular flexibility index (Phi) is 9.28. The van der Waals surface area contributed by atoms with Crippen LogP contribution in [0.4, 0.5) is 0 Å². The number of aromatic amines is 1. The molecular weight excluding hydrogens is 518 g/mol. The Morgan fingerprint density at radius 1 is 1.10 bits per heavy atom. The third-order valence-electron chi connectivity index (χ3n) is 7.85. The van der Waals surface area contributed by atoms with Crippen LogP contribution in [0.3, 0.4) is 0 Å². The lowest BCUT2D eigenvalue weighted by Gasteiger charge is -2.35. The highest BCUT2D eigenvalue weighted by atomic mass is 35.5. The molecule has 4 aromatic rings. The fraction of sp³-hybridized carbons (Fsp3) is 0.303. The number of rotatable bonds is 10. The van der Waals surface area contributed by atoms with E-state index >= 15 is 0 Å². The number of nitrogens with zero attached hydrogens (tertiary/aromatic N) is 3. The molecule has 1 saturated heterocycles. The summed E-state index contributed by atoms with van der Waals surface area (Å²) < 4.78 is 0. The number of likely N-dealkylation sites (tertiary alicyclic amines) is 1. The molecule has 40 heavy (non-hydrogen) atoms. The molecule has 1 aliphatic heterocycles. The van der Waals surface area contributed by atoms with Crippen molar-refractivity contribution >= 4 is 17.5 Å². The highest BCUT2D eigenvalue weighted by Gasteiger charge is 2.29. The number of halogens is 1. The number of hydrogen-bond acceptors (Lipinski definition) is 4. The molecule has 6 nitrogen and oxygen atoms in total. The molecule has 1 aromatic heterocycles. The van der Waals surface area contributed by atoms with Crippen LogP contribution in [0.1, 0.15) is 52.6 Å². The first kappa shape index (κ1) is 27.6. The molecule has 2 N–H and O–H groups in total. The highest BCUT2D eigenvalue weighted by molar-refractivity contribution is 6.31.